The van der Waals surface area contributed by atoms with Gasteiger partial charge in [0, 0.05) is 30.6 Å². The second-order valence-electron chi connectivity index (χ2n) is 4.53. The predicted molar refractivity (Wildman–Crippen MR) is 71.6 cm³/mol. The molecule has 1 amide bonds. The summed E-state index contributed by atoms with van der Waals surface area (Å²) >= 11 is 1.78. The molecule has 19 heavy (non-hydrogen) atoms. The monoisotopic (exact) mass is 277 g/mol. The van der Waals surface area contributed by atoms with Crippen LogP contribution in [0.3, 0.4) is 0 Å². The van der Waals surface area contributed by atoms with E-state index in [0.717, 1.165) is 25.2 Å². The smallest absolute Gasteiger partial charge is 0.236 e. The number of aromatic nitrogens is 1. The van der Waals surface area contributed by atoms with E-state index in [-0.39, 0.29) is 5.91 Å². The molecule has 6 heteroatoms. The van der Waals surface area contributed by atoms with Crippen LogP contribution in [-0.4, -0.2) is 29.1 Å². The summed E-state index contributed by atoms with van der Waals surface area (Å²) in [5.74, 6) is 0.139. The quantitative estimate of drug-likeness (QED) is 0.918. The summed E-state index contributed by atoms with van der Waals surface area (Å²) in [4.78, 5) is 15.4. The topological polar surface area (TPSA) is 58.4 Å². The Balaban J connectivity index is 1.49. The lowest BCUT2D eigenvalue weighted by atomic mass is 10.1. The number of carbonyl (C=O) groups excluding carboxylic acids is 1. The summed E-state index contributed by atoms with van der Waals surface area (Å²) in [5, 5.41) is 8.98. The molecule has 0 spiro atoms. The highest BCUT2D eigenvalue weighted by molar-refractivity contribution is 7.10. The highest BCUT2D eigenvalue weighted by Crippen LogP contribution is 2.23. The molecule has 0 radical (unpaired) electrons. The number of nitrogens with zero attached hydrogens (tertiary/aromatic N) is 2. The Hall–Kier alpha value is -1.66. The Morgan fingerprint density at radius 2 is 2.47 bits per heavy atom. The third-order valence-corrected chi connectivity index (χ3v) is 4.26. The van der Waals surface area contributed by atoms with Gasteiger partial charge in [-0.2, -0.15) is 0 Å². The van der Waals surface area contributed by atoms with Crippen molar-refractivity contribution in [3.8, 4) is 0 Å². The molecule has 1 N–H and O–H groups in total. The van der Waals surface area contributed by atoms with Crippen LogP contribution in [-0.2, 0) is 24.3 Å². The fourth-order valence-electron chi connectivity index (χ4n) is 2.20. The van der Waals surface area contributed by atoms with Gasteiger partial charge in [-0.25, -0.2) is 0 Å². The van der Waals surface area contributed by atoms with Gasteiger partial charge in [0.05, 0.1) is 12.2 Å². The number of hydrogen-bond donors (Lipinski definition) is 1. The van der Waals surface area contributed by atoms with Crippen molar-refractivity contribution in [3.05, 3.63) is 39.9 Å². The molecule has 0 unspecified atom stereocenters. The number of fused-ring (bicyclic) bond motifs is 1. The third kappa shape index (κ3) is 2.85. The van der Waals surface area contributed by atoms with Crippen LogP contribution in [0.15, 0.2) is 28.3 Å². The summed E-state index contributed by atoms with van der Waals surface area (Å²) in [7, 11) is 0. The van der Waals surface area contributed by atoms with Gasteiger partial charge < -0.3 is 14.7 Å². The first-order valence-electron chi connectivity index (χ1n) is 6.26. The van der Waals surface area contributed by atoms with Crippen LogP contribution in [0.5, 0.6) is 0 Å². The minimum Gasteiger partial charge on any atom is -0.364 e. The van der Waals surface area contributed by atoms with Gasteiger partial charge in [0.2, 0.25) is 5.91 Å². The summed E-state index contributed by atoms with van der Waals surface area (Å²) in [6.07, 6.45) is 2.50. The van der Waals surface area contributed by atoms with Crippen LogP contribution in [0.2, 0.25) is 0 Å². The van der Waals surface area contributed by atoms with Gasteiger partial charge >= 0.3 is 0 Å². The van der Waals surface area contributed by atoms with Crippen LogP contribution in [0, 0.1) is 0 Å². The van der Waals surface area contributed by atoms with E-state index in [0.29, 0.717) is 13.1 Å². The first-order chi connectivity index (χ1) is 9.33. The molecule has 1 aliphatic rings. The second kappa shape index (κ2) is 5.54. The van der Waals surface area contributed by atoms with Gasteiger partial charge in [-0.05, 0) is 23.4 Å². The Bertz CT molecular complexity index is 550. The first-order valence-corrected chi connectivity index (χ1v) is 7.14. The van der Waals surface area contributed by atoms with Crippen molar-refractivity contribution in [2.75, 3.05) is 13.1 Å². The molecule has 5 nitrogen and oxygen atoms in total. The Kier molecular flexibility index (Phi) is 3.61. The average molecular weight is 277 g/mol. The van der Waals surface area contributed by atoms with Gasteiger partial charge in [0.15, 0.2) is 0 Å². The lowest BCUT2D eigenvalue weighted by Crippen LogP contribution is -2.40. The summed E-state index contributed by atoms with van der Waals surface area (Å²) in [6.45, 7) is 2.45. The molecule has 0 saturated heterocycles. The van der Waals surface area contributed by atoms with Crippen LogP contribution in [0.4, 0.5) is 0 Å². The minimum absolute atomic E-state index is 0.139. The van der Waals surface area contributed by atoms with Gasteiger partial charge in [0.25, 0.3) is 0 Å². The Morgan fingerprint density at radius 1 is 1.53 bits per heavy atom. The van der Waals surface area contributed by atoms with Crippen molar-refractivity contribution in [2.45, 2.75) is 19.5 Å². The molecule has 3 rings (SSSR count). The van der Waals surface area contributed by atoms with Gasteiger partial charge in [0.1, 0.15) is 6.26 Å². The Labute approximate surface area is 115 Å². The lowest BCUT2D eigenvalue weighted by molar-refractivity contribution is -0.131. The van der Waals surface area contributed by atoms with Crippen molar-refractivity contribution >= 4 is 17.2 Å². The van der Waals surface area contributed by atoms with E-state index < -0.39 is 0 Å². The van der Waals surface area contributed by atoms with Crippen molar-refractivity contribution in [1.82, 2.24) is 15.4 Å². The maximum Gasteiger partial charge on any atom is 0.236 e. The third-order valence-electron chi connectivity index (χ3n) is 3.23. The van der Waals surface area contributed by atoms with Crippen molar-refractivity contribution in [1.29, 1.82) is 0 Å². The molecule has 0 saturated carbocycles. The van der Waals surface area contributed by atoms with Gasteiger partial charge in [-0.15, -0.1) is 11.3 Å². The molecular weight excluding hydrogens is 262 g/mol. The lowest BCUT2D eigenvalue weighted by Gasteiger charge is -2.27. The van der Waals surface area contributed by atoms with Crippen molar-refractivity contribution < 1.29 is 9.32 Å². The number of carbonyl (C=O) groups is 1. The average Bonchev–Trinajstić information content (AvgIpc) is 3.08. The highest BCUT2D eigenvalue weighted by atomic mass is 32.1. The maximum absolute atomic E-state index is 12.1. The zero-order valence-electron chi connectivity index (χ0n) is 10.5. The Morgan fingerprint density at radius 3 is 3.32 bits per heavy atom. The summed E-state index contributed by atoms with van der Waals surface area (Å²) < 4.78 is 4.73. The second-order valence-corrected chi connectivity index (χ2v) is 5.53. The molecule has 0 atom stereocenters. The molecule has 0 bridgehead atoms. The molecule has 2 aromatic heterocycles. The maximum atomic E-state index is 12.1. The van der Waals surface area contributed by atoms with E-state index >= 15 is 0 Å². The minimum atomic E-state index is 0.139. The number of amides is 1. The highest BCUT2D eigenvalue weighted by Gasteiger charge is 2.20. The van der Waals surface area contributed by atoms with Crippen molar-refractivity contribution in [3.63, 3.8) is 0 Å². The molecule has 2 aromatic rings. The van der Waals surface area contributed by atoms with E-state index in [1.165, 1.54) is 16.7 Å². The number of nitrogens with one attached hydrogen (secondary N) is 1. The molecule has 3 heterocycles. The fourth-order valence-corrected chi connectivity index (χ4v) is 3.09. The van der Waals surface area contributed by atoms with Crippen LogP contribution >= 0.6 is 11.3 Å². The predicted octanol–water partition coefficient (Wildman–Crippen LogP) is 1.41. The molecule has 1 aliphatic heterocycles. The zero-order chi connectivity index (χ0) is 13.1. The standard InChI is InChI=1S/C13H15N3O2S/c17-13(8-14-7-11-2-5-18-15-11)16-4-1-12-10(9-16)3-6-19-12/h2-3,5-6,14H,1,4,7-9H2. The number of hydrogen-bond acceptors (Lipinski definition) is 5. The van der Waals surface area contributed by atoms with Crippen LogP contribution < -0.4 is 5.32 Å². The van der Waals surface area contributed by atoms with E-state index in [1.54, 1.807) is 17.4 Å². The van der Waals surface area contributed by atoms with E-state index in [4.69, 9.17) is 4.52 Å². The van der Waals surface area contributed by atoms with Gasteiger partial charge in [-0.3, -0.25) is 4.79 Å². The van der Waals surface area contributed by atoms with Crippen LogP contribution in [0.1, 0.15) is 16.1 Å². The van der Waals surface area contributed by atoms with Crippen molar-refractivity contribution in [2.24, 2.45) is 0 Å². The SMILES string of the molecule is O=C(CNCc1ccon1)N1CCc2sccc2C1. The number of thiophene rings is 1. The fraction of sp³-hybridized carbons (Fsp3) is 0.385. The first kappa shape index (κ1) is 12.4. The summed E-state index contributed by atoms with van der Waals surface area (Å²) in [5.41, 5.74) is 2.10. The molecule has 0 fully saturated rings. The molecular formula is C13H15N3O2S. The zero-order valence-corrected chi connectivity index (χ0v) is 11.3. The molecule has 0 aromatic carbocycles. The van der Waals surface area contributed by atoms with E-state index in [2.05, 4.69) is 21.9 Å². The summed E-state index contributed by atoms with van der Waals surface area (Å²) in [6, 6.07) is 3.90. The van der Waals surface area contributed by atoms with E-state index in [1.807, 2.05) is 4.90 Å². The molecule has 100 valence electrons. The molecule has 0 aliphatic carbocycles. The van der Waals surface area contributed by atoms with Gasteiger partial charge in [-0.1, -0.05) is 5.16 Å². The normalized spacial score (nSPS) is 14.4. The van der Waals surface area contributed by atoms with Crippen LogP contribution in [0.25, 0.3) is 0 Å². The van der Waals surface area contributed by atoms with E-state index in [9.17, 15) is 4.79 Å². The number of rotatable bonds is 4. The largest absolute Gasteiger partial charge is 0.364 e.